The summed E-state index contributed by atoms with van der Waals surface area (Å²) in [5.74, 6) is -0.479. The van der Waals surface area contributed by atoms with Crippen LogP contribution in [0.4, 0.5) is 23.2 Å². The Kier molecular flexibility index (Phi) is 6.12. The molecule has 1 aromatic rings. The van der Waals surface area contributed by atoms with Crippen molar-refractivity contribution >= 4 is 17.5 Å². The highest BCUT2D eigenvalue weighted by Crippen LogP contribution is 2.52. The number of fused-ring (bicyclic) bond motifs is 3. The Morgan fingerprint density at radius 2 is 1.70 bits per heavy atom. The molecule has 1 aromatic carbocycles. The zero-order valence-corrected chi connectivity index (χ0v) is 18.1. The highest BCUT2D eigenvalue weighted by atomic mass is 19.4. The first-order valence-corrected chi connectivity index (χ1v) is 11.1. The Bertz CT molecular complexity index is 932. The summed E-state index contributed by atoms with van der Waals surface area (Å²) < 4.78 is 51.8. The number of alkyl halides is 4. The van der Waals surface area contributed by atoms with Crippen LogP contribution in [0.1, 0.15) is 50.5 Å². The summed E-state index contributed by atoms with van der Waals surface area (Å²) in [6.45, 7) is -0.0331. The number of carbonyl (C=O) groups excluding carboxylic acids is 2. The maximum Gasteiger partial charge on any atom is 0.416 e. The molecule has 0 spiro atoms. The average molecular weight is 466 g/mol. The second-order valence-electron chi connectivity index (χ2n) is 9.47. The van der Waals surface area contributed by atoms with E-state index in [1.54, 1.807) is 0 Å². The summed E-state index contributed by atoms with van der Waals surface area (Å²) in [5, 5.41) is 15.2. The predicted molar refractivity (Wildman–Crippen MR) is 112 cm³/mol. The van der Waals surface area contributed by atoms with Crippen molar-refractivity contribution in [3.63, 3.8) is 0 Å². The van der Waals surface area contributed by atoms with E-state index < -0.39 is 29.4 Å². The zero-order chi connectivity index (χ0) is 23.9. The molecule has 3 aliphatic carbocycles. The third-order valence-electron chi connectivity index (χ3n) is 7.53. The van der Waals surface area contributed by atoms with Crippen LogP contribution in [0, 0.1) is 16.7 Å². The number of nitrogens with zero attached hydrogens (tertiary/aromatic N) is 2. The molecule has 1 heterocycles. The third-order valence-corrected chi connectivity index (χ3v) is 7.53. The highest BCUT2D eigenvalue weighted by Gasteiger charge is 2.52. The van der Waals surface area contributed by atoms with Gasteiger partial charge in [-0.05, 0) is 62.8 Å². The van der Waals surface area contributed by atoms with Crippen LogP contribution in [0.3, 0.4) is 0 Å². The van der Waals surface area contributed by atoms with Gasteiger partial charge in [-0.3, -0.25) is 9.59 Å². The summed E-state index contributed by atoms with van der Waals surface area (Å²) in [5.41, 5.74) is -1.28. The lowest BCUT2D eigenvalue weighted by Crippen LogP contribution is -2.59. The van der Waals surface area contributed by atoms with Crippen LogP contribution in [0.2, 0.25) is 0 Å². The lowest BCUT2D eigenvalue weighted by Gasteiger charge is -2.52. The van der Waals surface area contributed by atoms with E-state index in [0.717, 1.165) is 12.1 Å². The van der Waals surface area contributed by atoms with E-state index in [1.165, 1.54) is 17.0 Å². The average Bonchev–Trinajstić information content (AvgIpc) is 3.19. The van der Waals surface area contributed by atoms with E-state index in [0.29, 0.717) is 44.2 Å². The van der Waals surface area contributed by atoms with Crippen LogP contribution in [-0.2, 0) is 15.8 Å². The molecule has 1 aliphatic heterocycles. The second kappa shape index (κ2) is 8.60. The van der Waals surface area contributed by atoms with Gasteiger partial charge < -0.3 is 15.5 Å². The van der Waals surface area contributed by atoms with Crippen molar-refractivity contribution in [3.8, 4) is 6.07 Å². The molecule has 178 valence electrons. The number of anilines is 1. The summed E-state index contributed by atoms with van der Waals surface area (Å²) in [4.78, 5) is 26.8. The predicted octanol–water partition coefficient (Wildman–Crippen LogP) is 3.79. The van der Waals surface area contributed by atoms with Gasteiger partial charge in [-0.2, -0.15) is 18.4 Å². The van der Waals surface area contributed by atoms with Crippen LogP contribution >= 0.6 is 0 Å². The molecule has 5 rings (SSSR count). The first-order chi connectivity index (χ1) is 15.6. The van der Waals surface area contributed by atoms with Gasteiger partial charge in [0.1, 0.15) is 12.2 Å². The van der Waals surface area contributed by atoms with Crippen molar-refractivity contribution in [2.45, 2.75) is 68.9 Å². The number of amides is 2. The van der Waals surface area contributed by atoms with Gasteiger partial charge in [0.2, 0.25) is 11.8 Å². The van der Waals surface area contributed by atoms with Gasteiger partial charge in [0.05, 0.1) is 24.7 Å². The SMILES string of the molecule is N#CC1CC(F)CN1C(=O)CNC12CCC(C(=O)Nc3ccc(C(F)(F)F)cc3)(CC1)CC2. The van der Waals surface area contributed by atoms with Crippen molar-refractivity contribution < 1.29 is 27.2 Å². The van der Waals surface area contributed by atoms with Crippen molar-refractivity contribution in [3.05, 3.63) is 29.8 Å². The molecule has 4 fully saturated rings. The maximum atomic E-state index is 13.6. The summed E-state index contributed by atoms with van der Waals surface area (Å²) in [6.07, 6.45) is -1.66. The highest BCUT2D eigenvalue weighted by molar-refractivity contribution is 5.95. The standard InChI is InChI=1S/C23H26F4N4O2/c24-16-11-18(12-28)31(14-16)19(32)13-29-22-8-5-21(6-9-22,7-10-22)20(33)30-17-3-1-15(2-4-17)23(25,26)27/h1-4,16,18,29H,5-11,13-14H2,(H,30,33). The Morgan fingerprint density at radius 1 is 1.09 bits per heavy atom. The van der Waals surface area contributed by atoms with Crippen LogP contribution in [0.5, 0.6) is 0 Å². The van der Waals surface area contributed by atoms with E-state index >= 15 is 0 Å². The number of hydrogen-bond donors (Lipinski definition) is 2. The Balaban J connectivity index is 1.31. The molecular weight excluding hydrogens is 440 g/mol. The van der Waals surface area contributed by atoms with E-state index in [9.17, 15) is 27.2 Å². The molecule has 2 bridgehead atoms. The Morgan fingerprint density at radius 3 is 2.24 bits per heavy atom. The fourth-order valence-electron chi connectivity index (χ4n) is 5.35. The Hall–Kier alpha value is -2.67. The largest absolute Gasteiger partial charge is 0.416 e. The van der Waals surface area contributed by atoms with Crippen LogP contribution < -0.4 is 10.6 Å². The molecule has 1 saturated heterocycles. The van der Waals surface area contributed by atoms with Crippen molar-refractivity contribution in [1.29, 1.82) is 5.26 Å². The fourth-order valence-corrected chi connectivity index (χ4v) is 5.35. The number of halogens is 4. The normalized spacial score (nSPS) is 31.3. The summed E-state index contributed by atoms with van der Waals surface area (Å²) in [6, 6.07) is 5.66. The molecule has 4 aliphatic rings. The Labute approximate surface area is 189 Å². The van der Waals surface area contributed by atoms with E-state index in [4.69, 9.17) is 5.26 Å². The second-order valence-corrected chi connectivity index (χ2v) is 9.47. The van der Waals surface area contributed by atoms with Gasteiger partial charge >= 0.3 is 6.18 Å². The summed E-state index contributed by atoms with van der Waals surface area (Å²) in [7, 11) is 0. The monoisotopic (exact) mass is 466 g/mol. The molecule has 2 amide bonds. The molecule has 2 N–H and O–H groups in total. The van der Waals surface area contributed by atoms with Gasteiger partial charge in [-0.1, -0.05) is 0 Å². The van der Waals surface area contributed by atoms with Crippen molar-refractivity contribution in [2.24, 2.45) is 5.41 Å². The number of rotatable bonds is 5. The molecule has 33 heavy (non-hydrogen) atoms. The lowest BCUT2D eigenvalue weighted by molar-refractivity contribution is -0.137. The minimum absolute atomic E-state index is 0.0235. The zero-order valence-electron chi connectivity index (χ0n) is 18.1. The number of nitriles is 1. The number of likely N-dealkylation sites (tertiary alicyclic amines) is 1. The quantitative estimate of drug-likeness (QED) is 0.647. The molecular formula is C23H26F4N4O2. The maximum absolute atomic E-state index is 13.6. The molecule has 0 aromatic heterocycles. The van der Waals surface area contributed by atoms with Gasteiger partial charge in [0.25, 0.3) is 0 Å². The fraction of sp³-hybridized carbons (Fsp3) is 0.609. The van der Waals surface area contributed by atoms with Crippen LogP contribution in [-0.4, -0.2) is 47.6 Å². The number of hydrogen-bond acceptors (Lipinski definition) is 4. The smallest absolute Gasteiger partial charge is 0.326 e. The minimum Gasteiger partial charge on any atom is -0.326 e. The molecule has 6 nitrogen and oxygen atoms in total. The molecule has 10 heteroatoms. The van der Waals surface area contributed by atoms with E-state index in [2.05, 4.69) is 10.6 Å². The topological polar surface area (TPSA) is 85.2 Å². The first kappa shape index (κ1) is 23.5. The van der Waals surface area contributed by atoms with Gasteiger partial charge in [-0.25, -0.2) is 4.39 Å². The molecule has 3 saturated carbocycles. The molecule has 2 unspecified atom stereocenters. The van der Waals surface area contributed by atoms with Crippen molar-refractivity contribution in [2.75, 3.05) is 18.4 Å². The van der Waals surface area contributed by atoms with Crippen molar-refractivity contribution in [1.82, 2.24) is 10.2 Å². The van der Waals surface area contributed by atoms with Crippen LogP contribution in [0.25, 0.3) is 0 Å². The first-order valence-electron chi connectivity index (χ1n) is 11.1. The van der Waals surface area contributed by atoms with E-state index in [-0.39, 0.29) is 36.9 Å². The van der Waals surface area contributed by atoms with Gasteiger partial charge in [-0.15, -0.1) is 0 Å². The minimum atomic E-state index is -4.43. The molecule has 0 radical (unpaired) electrons. The number of nitrogens with one attached hydrogen (secondary N) is 2. The lowest BCUT2D eigenvalue weighted by atomic mass is 9.57. The van der Waals surface area contributed by atoms with Gasteiger partial charge in [0.15, 0.2) is 0 Å². The van der Waals surface area contributed by atoms with E-state index in [1.807, 2.05) is 6.07 Å². The third kappa shape index (κ3) is 4.69. The van der Waals surface area contributed by atoms with Crippen LogP contribution in [0.15, 0.2) is 24.3 Å². The number of carbonyl (C=O) groups is 2. The van der Waals surface area contributed by atoms with Gasteiger partial charge in [0, 0.05) is 23.1 Å². The number of benzene rings is 1. The molecule has 2 atom stereocenters. The summed E-state index contributed by atoms with van der Waals surface area (Å²) >= 11 is 0.